The number of unbranched alkanes of at least 4 members (excludes halogenated alkanes) is 1. The number of likely N-dealkylation sites (tertiary alicyclic amines) is 1. The number of allylic oxidation sites excluding steroid dienone is 1. The standard InChI is InChI=1S/C24H28F3N3O4S/c1-34-23(31)8-4-2-3-7-21-14-20(17-30(21)16-18-6-5-13-28-15-18)29-35(32,33)22-11-9-19(10-12-22)24(25,26)27/h3,5-7,9-13,15,20-21,29H,2,4,8,14,16-17H2,1H3/b7-3-/t20-,21-/m1/s1. The Morgan fingerprint density at radius 1 is 1.26 bits per heavy atom. The summed E-state index contributed by atoms with van der Waals surface area (Å²) in [6.45, 7) is 0.982. The Kier molecular flexibility index (Phi) is 9.03. The van der Waals surface area contributed by atoms with Crippen LogP contribution in [0.5, 0.6) is 0 Å². The fourth-order valence-corrected chi connectivity index (χ4v) is 5.20. The van der Waals surface area contributed by atoms with Crippen molar-refractivity contribution >= 4 is 16.0 Å². The summed E-state index contributed by atoms with van der Waals surface area (Å²) in [7, 11) is -2.65. The van der Waals surface area contributed by atoms with Gasteiger partial charge in [-0.25, -0.2) is 13.1 Å². The number of carbonyl (C=O) groups is 1. The second kappa shape index (κ2) is 11.8. The predicted molar refractivity (Wildman–Crippen MR) is 124 cm³/mol. The molecule has 1 N–H and O–H groups in total. The van der Waals surface area contributed by atoms with Gasteiger partial charge in [-0.15, -0.1) is 0 Å². The van der Waals surface area contributed by atoms with Gasteiger partial charge in [-0.1, -0.05) is 18.2 Å². The third-order valence-electron chi connectivity index (χ3n) is 5.71. The van der Waals surface area contributed by atoms with Crippen molar-refractivity contribution in [2.24, 2.45) is 0 Å². The van der Waals surface area contributed by atoms with E-state index in [9.17, 15) is 26.4 Å². The van der Waals surface area contributed by atoms with Crippen LogP contribution >= 0.6 is 0 Å². The number of rotatable bonds is 10. The SMILES string of the molecule is COC(=O)CCC/C=C\[C@@H]1C[C@@H](NS(=O)(=O)c2ccc(C(F)(F)F)cc2)CN1Cc1cccnc1. The Labute approximate surface area is 203 Å². The molecule has 0 aliphatic carbocycles. The lowest BCUT2D eigenvalue weighted by molar-refractivity contribution is -0.140. The molecule has 1 aromatic heterocycles. The van der Waals surface area contributed by atoms with Gasteiger partial charge in [-0.05, 0) is 55.2 Å². The van der Waals surface area contributed by atoms with E-state index in [1.807, 2.05) is 24.3 Å². The van der Waals surface area contributed by atoms with E-state index in [0.29, 0.717) is 38.8 Å². The number of nitrogens with zero attached hydrogens (tertiary/aromatic N) is 2. The van der Waals surface area contributed by atoms with Crippen molar-refractivity contribution in [3.8, 4) is 0 Å². The molecule has 0 bridgehead atoms. The van der Waals surface area contributed by atoms with Gasteiger partial charge in [0.2, 0.25) is 10.0 Å². The molecule has 7 nitrogen and oxygen atoms in total. The second-order valence-electron chi connectivity index (χ2n) is 8.33. The maximum atomic E-state index is 12.8. The number of carbonyl (C=O) groups excluding carboxylic acids is 1. The first-order valence-corrected chi connectivity index (χ1v) is 12.6. The molecule has 2 heterocycles. The molecule has 1 aliphatic rings. The van der Waals surface area contributed by atoms with Crippen LogP contribution in [0.3, 0.4) is 0 Å². The number of esters is 1. The van der Waals surface area contributed by atoms with E-state index in [1.165, 1.54) is 7.11 Å². The molecular formula is C24H28F3N3O4S. The van der Waals surface area contributed by atoms with Crippen LogP contribution in [0.15, 0.2) is 65.8 Å². The van der Waals surface area contributed by atoms with Gasteiger partial charge in [0.05, 0.1) is 17.6 Å². The highest BCUT2D eigenvalue weighted by molar-refractivity contribution is 7.89. The highest BCUT2D eigenvalue weighted by Crippen LogP contribution is 2.30. The van der Waals surface area contributed by atoms with Crippen LogP contribution < -0.4 is 4.72 Å². The van der Waals surface area contributed by atoms with E-state index >= 15 is 0 Å². The van der Waals surface area contributed by atoms with Gasteiger partial charge in [0.1, 0.15) is 0 Å². The predicted octanol–water partition coefficient (Wildman–Crippen LogP) is 3.92. The monoisotopic (exact) mass is 511 g/mol. The number of methoxy groups -OCH3 is 1. The molecule has 3 rings (SSSR count). The van der Waals surface area contributed by atoms with E-state index in [1.54, 1.807) is 12.4 Å². The Balaban J connectivity index is 1.68. The lowest BCUT2D eigenvalue weighted by Crippen LogP contribution is -2.37. The van der Waals surface area contributed by atoms with Gasteiger partial charge in [-0.2, -0.15) is 13.2 Å². The normalized spacial score (nSPS) is 19.3. The summed E-state index contributed by atoms with van der Waals surface area (Å²) in [6, 6.07) is 6.73. The minimum atomic E-state index is -4.54. The van der Waals surface area contributed by atoms with Crippen LogP contribution in [0.2, 0.25) is 0 Å². The summed E-state index contributed by atoms with van der Waals surface area (Å²) in [5.74, 6) is -0.268. The number of aromatic nitrogens is 1. The molecule has 0 saturated carbocycles. The number of nitrogens with one attached hydrogen (secondary N) is 1. The van der Waals surface area contributed by atoms with Gasteiger partial charge in [-0.3, -0.25) is 14.7 Å². The minimum absolute atomic E-state index is 0.0614. The average molecular weight is 512 g/mol. The number of alkyl halides is 3. The molecule has 2 atom stereocenters. The molecule has 11 heteroatoms. The number of hydrogen-bond acceptors (Lipinski definition) is 6. The Hall–Kier alpha value is -2.76. The van der Waals surface area contributed by atoms with E-state index in [4.69, 9.17) is 0 Å². The van der Waals surface area contributed by atoms with Crippen molar-refractivity contribution in [2.75, 3.05) is 13.7 Å². The minimum Gasteiger partial charge on any atom is -0.469 e. The van der Waals surface area contributed by atoms with Crippen LogP contribution in [-0.2, 0) is 32.3 Å². The van der Waals surface area contributed by atoms with Crippen molar-refractivity contribution in [3.05, 3.63) is 72.1 Å². The zero-order valence-electron chi connectivity index (χ0n) is 19.2. The zero-order valence-corrected chi connectivity index (χ0v) is 20.1. The van der Waals surface area contributed by atoms with Crippen molar-refractivity contribution in [1.29, 1.82) is 0 Å². The Morgan fingerprint density at radius 2 is 2.00 bits per heavy atom. The first kappa shape index (κ1) is 26.8. The molecule has 1 aliphatic heterocycles. The molecule has 2 aromatic rings. The Morgan fingerprint density at radius 3 is 2.63 bits per heavy atom. The molecule has 0 unspecified atom stereocenters. The van der Waals surface area contributed by atoms with Gasteiger partial charge < -0.3 is 4.74 Å². The Bertz CT molecular complexity index is 1110. The lowest BCUT2D eigenvalue weighted by Gasteiger charge is -2.21. The highest BCUT2D eigenvalue weighted by atomic mass is 32.2. The molecule has 1 fully saturated rings. The largest absolute Gasteiger partial charge is 0.469 e. The lowest BCUT2D eigenvalue weighted by atomic mass is 10.1. The quantitative estimate of drug-likeness (QED) is 0.296. The van der Waals surface area contributed by atoms with Crippen LogP contribution in [0.25, 0.3) is 0 Å². The summed E-state index contributed by atoms with van der Waals surface area (Å²) in [5.41, 5.74) is 0.0696. The molecule has 190 valence electrons. The topological polar surface area (TPSA) is 88.6 Å². The van der Waals surface area contributed by atoms with E-state index in [-0.39, 0.29) is 16.9 Å². The highest BCUT2D eigenvalue weighted by Gasteiger charge is 2.34. The van der Waals surface area contributed by atoms with Crippen LogP contribution in [0, 0.1) is 0 Å². The fraction of sp³-hybridized carbons (Fsp3) is 0.417. The summed E-state index contributed by atoms with van der Waals surface area (Å²) in [5, 5.41) is 0. The van der Waals surface area contributed by atoms with Crippen LogP contribution in [-0.4, -0.2) is 50.0 Å². The molecule has 0 radical (unpaired) electrons. The molecule has 0 amide bonds. The van der Waals surface area contributed by atoms with Gasteiger partial charge >= 0.3 is 12.1 Å². The van der Waals surface area contributed by atoms with Gasteiger partial charge in [0, 0.05) is 44.0 Å². The second-order valence-corrected chi connectivity index (χ2v) is 10.0. The number of halogens is 3. The van der Waals surface area contributed by atoms with E-state index in [0.717, 1.165) is 29.8 Å². The van der Waals surface area contributed by atoms with Crippen molar-refractivity contribution in [2.45, 2.75) is 55.4 Å². The molecular weight excluding hydrogens is 483 g/mol. The van der Waals surface area contributed by atoms with Crippen molar-refractivity contribution in [3.63, 3.8) is 0 Å². The number of hydrogen-bond donors (Lipinski definition) is 1. The number of benzene rings is 1. The van der Waals surface area contributed by atoms with Gasteiger partial charge in [0.15, 0.2) is 0 Å². The average Bonchev–Trinajstić information content (AvgIpc) is 3.18. The first-order valence-electron chi connectivity index (χ1n) is 11.1. The smallest absolute Gasteiger partial charge is 0.416 e. The zero-order chi connectivity index (χ0) is 25.5. The van der Waals surface area contributed by atoms with Crippen LogP contribution in [0.1, 0.15) is 36.8 Å². The summed E-state index contributed by atoms with van der Waals surface area (Å²) in [4.78, 5) is 17.3. The van der Waals surface area contributed by atoms with Crippen molar-refractivity contribution < 1.29 is 31.1 Å². The molecule has 1 aromatic carbocycles. The molecule has 1 saturated heterocycles. The fourth-order valence-electron chi connectivity index (χ4n) is 3.96. The third-order valence-corrected chi connectivity index (χ3v) is 7.25. The van der Waals surface area contributed by atoms with Gasteiger partial charge in [0.25, 0.3) is 0 Å². The molecule has 0 spiro atoms. The number of pyridine rings is 1. The summed E-state index contributed by atoms with van der Waals surface area (Å²) < 4.78 is 71.4. The maximum absolute atomic E-state index is 12.8. The van der Waals surface area contributed by atoms with E-state index in [2.05, 4.69) is 19.3 Å². The van der Waals surface area contributed by atoms with Crippen LogP contribution in [0.4, 0.5) is 13.2 Å². The van der Waals surface area contributed by atoms with Crippen molar-refractivity contribution in [1.82, 2.24) is 14.6 Å². The van der Waals surface area contributed by atoms with E-state index < -0.39 is 27.8 Å². The first-order chi connectivity index (χ1) is 16.6. The summed E-state index contributed by atoms with van der Waals surface area (Å²) in [6.07, 6.45) is 4.98. The third kappa shape index (κ3) is 7.87. The number of sulfonamides is 1. The molecule has 35 heavy (non-hydrogen) atoms. The summed E-state index contributed by atoms with van der Waals surface area (Å²) >= 11 is 0. The maximum Gasteiger partial charge on any atom is 0.416 e. The number of ether oxygens (including phenoxy) is 1.